The number of benzene rings is 1. The Kier molecular flexibility index (Phi) is 5.21. The highest BCUT2D eigenvalue weighted by Crippen LogP contribution is 2.29. The lowest BCUT2D eigenvalue weighted by molar-refractivity contribution is -0.126. The lowest BCUT2D eigenvalue weighted by Gasteiger charge is -2.22. The number of nitrogens with zero attached hydrogens (tertiary/aromatic N) is 3. The van der Waals surface area contributed by atoms with Crippen LogP contribution >= 0.6 is 0 Å². The number of carbonyl (C=O) groups excluding carboxylic acids is 1. The zero-order chi connectivity index (χ0) is 17.8. The molecule has 0 aliphatic carbocycles. The first-order valence-corrected chi connectivity index (χ1v) is 8.54. The van der Waals surface area contributed by atoms with Gasteiger partial charge in [0.1, 0.15) is 12.2 Å². The average Bonchev–Trinajstić information content (AvgIpc) is 3.07. The Morgan fingerprint density at radius 1 is 1.40 bits per heavy atom. The third kappa shape index (κ3) is 4.10. The number of rotatable bonds is 6. The number of hydrogen-bond acceptors (Lipinski definition) is 5. The average molecular weight is 344 g/mol. The van der Waals surface area contributed by atoms with Gasteiger partial charge in [0.2, 0.25) is 5.91 Å². The molecule has 0 bridgehead atoms. The van der Waals surface area contributed by atoms with Gasteiger partial charge in [0.15, 0.2) is 11.5 Å². The molecule has 0 saturated heterocycles. The van der Waals surface area contributed by atoms with Crippen molar-refractivity contribution in [2.45, 2.75) is 45.9 Å². The Bertz CT molecular complexity index is 742. The first-order chi connectivity index (χ1) is 12.1. The summed E-state index contributed by atoms with van der Waals surface area (Å²) >= 11 is 0. The van der Waals surface area contributed by atoms with Crippen LogP contribution in [0.3, 0.4) is 0 Å². The van der Waals surface area contributed by atoms with E-state index in [9.17, 15) is 4.79 Å². The molecule has 1 aliphatic rings. The molecule has 25 heavy (non-hydrogen) atoms. The number of fused-ring (bicyclic) bond motifs is 1. The second-order valence-electron chi connectivity index (χ2n) is 6.46. The molecular formula is C18H24N4O3. The van der Waals surface area contributed by atoms with Crippen LogP contribution in [0.1, 0.15) is 31.7 Å². The van der Waals surface area contributed by atoms with E-state index in [0.29, 0.717) is 24.6 Å². The molecular weight excluding hydrogens is 320 g/mol. The molecule has 1 aromatic heterocycles. The minimum Gasteiger partial charge on any atom is -0.493 e. The van der Waals surface area contributed by atoms with Gasteiger partial charge in [0, 0.05) is 13.0 Å². The van der Waals surface area contributed by atoms with Crippen LogP contribution in [0.4, 0.5) is 0 Å². The number of aryl methyl sites for hydroxylation is 1. The zero-order valence-corrected chi connectivity index (χ0v) is 14.9. The third-order valence-corrected chi connectivity index (χ3v) is 4.23. The molecule has 0 radical (unpaired) electrons. The number of nitrogens with one attached hydrogen (secondary N) is 1. The van der Waals surface area contributed by atoms with Crippen LogP contribution in [-0.2, 0) is 24.3 Å². The van der Waals surface area contributed by atoms with Crippen molar-refractivity contribution in [1.82, 2.24) is 20.1 Å². The summed E-state index contributed by atoms with van der Waals surface area (Å²) in [6.07, 6.45) is 3.21. The number of methoxy groups -OCH3 is 1. The first kappa shape index (κ1) is 17.3. The normalized spacial score (nSPS) is 16.4. The van der Waals surface area contributed by atoms with Gasteiger partial charge >= 0.3 is 0 Å². The summed E-state index contributed by atoms with van der Waals surface area (Å²) in [4.78, 5) is 16.6. The zero-order valence-electron chi connectivity index (χ0n) is 14.9. The largest absolute Gasteiger partial charge is 0.493 e. The third-order valence-electron chi connectivity index (χ3n) is 4.23. The van der Waals surface area contributed by atoms with Crippen molar-refractivity contribution >= 4 is 5.91 Å². The van der Waals surface area contributed by atoms with Crippen molar-refractivity contribution in [3.8, 4) is 11.5 Å². The number of hydrogen-bond donors (Lipinski definition) is 1. The molecule has 1 amide bonds. The van der Waals surface area contributed by atoms with E-state index < -0.39 is 0 Å². The van der Waals surface area contributed by atoms with Crippen LogP contribution in [0.25, 0.3) is 0 Å². The lowest BCUT2D eigenvalue weighted by atomic mass is 9.99. The molecule has 7 nitrogen and oxygen atoms in total. The van der Waals surface area contributed by atoms with E-state index in [0.717, 1.165) is 24.2 Å². The number of carbonyl (C=O) groups is 1. The number of amides is 1. The predicted molar refractivity (Wildman–Crippen MR) is 92.4 cm³/mol. The second-order valence-corrected chi connectivity index (χ2v) is 6.46. The van der Waals surface area contributed by atoms with Gasteiger partial charge in [0.05, 0.1) is 25.7 Å². The standard InChI is InChI=1S/C18H24N4O3/c1-12(2)25-15-6-4-13(8-16(15)24-3)9-19-18(23)14-5-7-17-20-11-21-22(17)10-14/h4,6,8,11-12,14H,5,7,9-10H2,1-3H3,(H,19,23). The molecule has 134 valence electrons. The van der Waals surface area contributed by atoms with Crippen LogP contribution in [0.5, 0.6) is 11.5 Å². The van der Waals surface area contributed by atoms with Gasteiger partial charge in [-0.1, -0.05) is 6.07 Å². The Morgan fingerprint density at radius 3 is 3.00 bits per heavy atom. The molecule has 0 fully saturated rings. The highest BCUT2D eigenvalue weighted by atomic mass is 16.5. The van der Waals surface area contributed by atoms with E-state index in [1.807, 2.05) is 36.7 Å². The molecule has 1 atom stereocenters. The summed E-state index contributed by atoms with van der Waals surface area (Å²) in [5.41, 5.74) is 0.971. The quantitative estimate of drug-likeness (QED) is 0.867. The van der Waals surface area contributed by atoms with Gasteiger partial charge in [-0.15, -0.1) is 0 Å². The van der Waals surface area contributed by atoms with Gasteiger partial charge in [-0.05, 0) is 38.0 Å². The molecule has 1 aromatic carbocycles. The number of aromatic nitrogens is 3. The van der Waals surface area contributed by atoms with Crippen molar-refractivity contribution in [2.24, 2.45) is 5.92 Å². The lowest BCUT2D eigenvalue weighted by Crippen LogP contribution is -2.36. The highest BCUT2D eigenvalue weighted by Gasteiger charge is 2.25. The maximum absolute atomic E-state index is 12.4. The van der Waals surface area contributed by atoms with Gasteiger partial charge < -0.3 is 14.8 Å². The van der Waals surface area contributed by atoms with Gasteiger partial charge in [0.25, 0.3) is 0 Å². The monoisotopic (exact) mass is 344 g/mol. The summed E-state index contributed by atoms with van der Waals surface area (Å²) in [7, 11) is 1.61. The molecule has 1 unspecified atom stereocenters. The fourth-order valence-electron chi connectivity index (χ4n) is 2.96. The molecule has 0 saturated carbocycles. The van der Waals surface area contributed by atoms with E-state index in [4.69, 9.17) is 9.47 Å². The Morgan fingerprint density at radius 2 is 2.24 bits per heavy atom. The fraction of sp³-hybridized carbons (Fsp3) is 0.500. The van der Waals surface area contributed by atoms with Crippen LogP contribution in [0.2, 0.25) is 0 Å². The topological polar surface area (TPSA) is 78.3 Å². The van der Waals surface area contributed by atoms with Crippen molar-refractivity contribution in [1.29, 1.82) is 0 Å². The van der Waals surface area contributed by atoms with E-state index in [1.165, 1.54) is 0 Å². The maximum atomic E-state index is 12.4. The van der Waals surface area contributed by atoms with Gasteiger partial charge in [-0.2, -0.15) is 5.10 Å². The SMILES string of the molecule is COc1cc(CNC(=O)C2CCc3ncnn3C2)ccc1OC(C)C. The van der Waals surface area contributed by atoms with E-state index in [2.05, 4.69) is 15.4 Å². The summed E-state index contributed by atoms with van der Waals surface area (Å²) in [5, 5.41) is 7.17. The maximum Gasteiger partial charge on any atom is 0.225 e. The summed E-state index contributed by atoms with van der Waals surface area (Å²) < 4.78 is 12.9. The van der Waals surface area contributed by atoms with E-state index >= 15 is 0 Å². The Labute approximate surface area is 147 Å². The van der Waals surface area contributed by atoms with Gasteiger partial charge in [-0.25, -0.2) is 9.67 Å². The Hall–Kier alpha value is -2.57. The predicted octanol–water partition coefficient (Wildman–Crippen LogP) is 1.95. The van der Waals surface area contributed by atoms with E-state index in [-0.39, 0.29) is 17.9 Å². The van der Waals surface area contributed by atoms with Crippen molar-refractivity contribution in [3.05, 3.63) is 35.9 Å². The number of ether oxygens (including phenoxy) is 2. The smallest absolute Gasteiger partial charge is 0.225 e. The molecule has 7 heteroatoms. The van der Waals surface area contributed by atoms with Crippen LogP contribution < -0.4 is 14.8 Å². The van der Waals surface area contributed by atoms with E-state index in [1.54, 1.807) is 13.4 Å². The van der Waals surface area contributed by atoms with Crippen LogP contribution in [-0.4, -0.2) is 33.9 Å². The van der Waals surface area contributed by atoms with Crippen molar-refractivity contribution < 1.29 is 14.3 Å². The fourth-order valence-corrected chi connectivity index (χ4v) is 2.96. The summed E-state index contributed by atoms with van der Waals surface area (Å²) in [5.74, 6) is 2.31. The molecule has 2 heterocycles. The Balaban J connectivity index is 1.59. The van der Waals surface area contributed by atoms with Gasteiger partial charge in [-0.3, -0.25) is 4.79 Å². The molecule has 0 spiro atoms. The molecule has 1 N–H and O–H groups in total. The van der Waals surface area contributed by atoms with Crippen LogP contribution in [0.15, 0.2) is 24.5 Å². The summed E-state index contributed by atoms with van der Waals surface area (Å²) in [6, 6.07) is 5.72. The van der Waals surface area contributed by atoms with Crippen molar-refractivity contribution in [2.75, 3.05) is 7.11 Å². The molecule has 1 aliphatic heterocycles. The molecule has 2 aromatic rings. The highest BCUT2D eigenvalue weighted by molar-refractivity contribution is 5.78. The minimum absolute atomic E-state index is 0.0441. The second kappa shape index (κ2) is 7.55. The first-order valence-electron chi connectivity index (χ1n) is 8.54. The van der Waals surface area contributed by atoms with Crippen molar-refractivity contribution in [3.63, 3.8) is 0 Å². The molecule has 3 rings (SSSR count). The summed E-state index contributed by atoms with van der Waals surface area (Å²) in [6.45, 7) is 4.99. The minimum atomic E-state index is -0.0698. The van der Waals surface area contributed by atoms with Crippen LogP contribution in [0, 0.1) is 5.92 Å².